The van der Waals surface area contributed by atoms with Crippen LogP contribution in [0, 0.1) is 5.92 Å². The van der Waals surface area contributed by atoms with E-state index in [0.717, 1.165) is 18.0 Å². The topological polar surface area (TPSA) is 18.5 Å². The Hall–Kier alpha value is -0.120. The number of hydrogen-bond donors (Lipinski definition) is 1. The molecule has 0 aromatic carbocycles. The van der Waals surface area contributed by atoms with E-state index in [4.69, 9.17) is 0 Å². The number of likely N-dealkylation sites (N-methyl/N-ethyl adjacent to an activating group) is 1. The van der Waals surface area contributed by atoms with Gasteiger partial charge in [-0.3, -0.25) is 4.90 Å². The van der Waals surface area contributed by atoms with E-state index in [0.29, 0.717) is 0 Å². The Kier molecular flexibility index (Phi) is 6.11. The first-order valence-corrected chi connectivity index (χ1v) is 8.44. The molecule has 3 heteroatoms. The molecule has 2 saturated heterocycles. The minimum Gasteiger partial charge on any atom is -0.314 e. The molecule has 19 heavy (non-hydrogen) atoms. The first-order chi connectivity index (χ1) is 9.24. The van der Waals surface area contributed by atoms with Crippen LogP contribution in [-0.4, -0.2) is 61.2 Å². The summed E-state index contributed by atoms with van der Waals surface area (Å²) in [6.45, 7) is 14.6. The van der Waals surface area contributed by atoms with E-state index in [9.17, 15) is 0 Å². The molecule has 112 valence electrons. The minimum absolute atomic E-state index is 0.752. The van der Waals surface area contributed by atoms with Gasteiger partial charge < -0.3 is 10.2 Å². The van der Waals surface area contributed by atoms with Gasteiger partial charge in [0, 0.05) is 25.2 Å². The van der Waals surface area contributed by atoms with Gasteiger partial charge in [-0.05, 0) is 57.8 Å². The number of likely N-dealkylation sites (tertiary alicyclic amines) is 2. The maximum absolute atomic E-state index is 3.73. The molecule has 0 saturated carbocycles. The maximum atomic E-state index is 3.73. The predicted molar refractivity (Wildman–Crippen MR) is 82.6 cm³/mol. The second kappa shape index (κ2) is 7.61. The van der Waals surface area contributed by atoms with Crippen LogP contribution < -0.4 is 5.32 Å². The molecule has 0 aromatic rings. The van der Waals surface area contributed by atoms with Crippen LogP contribution in [0.25, 0.3) is 0 Å². The largest absolute Gasteiger partial charge is 0.314 e. The quantitative estimate of drug-likeness (QED) is 0.824. The average Bonchev–Trinajstić information content (AvgIpc) is 2.46. The summed E-state index contributed by atoms with van der Waals surface area (Å²) in [6, 6.07) is 1.57. The van der Waals surface area contributed by atoms with Crippen molar-refractivity contribution in [3.05, 3.63) is 0 Å². The van der Waals surface area contributed by atoms with Crippen LogP contribution in [0.1, 0.15) is 46.5 Å². The van der Waals surface area contributed by atoms with Crippen molar-refractivity contribution in [2.45, 2.75) is 58.5 Å². The third-order valence-electron chi connectivity index (χ3n) is 5.04. The summed E-state index contributed by atoms with van der Waals surface area (Å²) in [7, 11) is 0. The Morgan fingerprint density at radius 1 is 1.11 bits per heavy atom. The van der Waals surface area contributed by atoms with Crippen LogP contribution in [0.5, 0.6) is 0 Å². The molecule has 2 heterocycles. The second-order valence-electron chi connectivity index (χ2n) is 6.51. The second-order valence-corrected chi connectivity index (χ2v) is 6.51. The van der Waals surface area contributed by atoms with Crippen molar-refractivity contribution < 1.29 is 0 Å². The Morgan fingerprint density at radius 2 is 1.95 bits per heavy atom. The van der Waals surface area contributed by atoms with Gasteiger partial charge in [-0.15, -0.1) is 0 Å². The minimum atomic E-state index is 0.752. The zero-order valence-electron chi connectivity index (χ0n) is 13.2. The number of piperidine rings is 2. The lowest BCUT2D eigenvalue weighted by Crippen LogP contribution is -2.55. The number of nitrogens with one attached hydrogen (secondary N) is 1. The van der Waals surface area contributed by atoms with Crippen LogP contribution >= 0.6 is 0 Å². The molecule has 3 atom stereocenters. The fraction of sp³-hybridized carbons (Fsp3) is 1.00. The Morgan fingerprint density at radius 3 is 2.63 bits per heavy atom. The molecule has 0 aliphatic carbocycles. The van der Waals surface area contributed by atoms with Gasteiger partial charge in [0.15, 0.2) is 0 Å². The monoisotopic (exact) mass is 267 g/mol. The van der Waals surface area contributed by atoms with Gasteiger partial charge in [-0.1, -0.05) is 20.8 Å². The summed E-state index contributed by atoms with van der Waals surface area (Å²) in [5.74, 6) is 0.803. The number of rotatable bonds is 5. The summed E-state index contributed by atoms with van der Waals surface area (Å²) in [6.07, 6.45) is 5.39. The van der Waals surface area contributed by atoms with Crippen molar-refractivity contribution in [3.8, 4) is 0 Å². The summed E-state index contributed by atoms with van der Waals surface area (Å²) in [5.41, 5.74) is 0. The molecule has 2 fully saturated rings. The molecule has 0 aromatic heterocycles. The van der Waals surface area contributed by atoms with E-state index in [-0.39, 0.29) is 0 Å². The maximum Gasteiger partial charge on any atom is 0.0223 e. The first-order valence-electron chi connectivity index (χ1n) is 8.44. The normalized spacial score (nSPS) is 34.6. The van der Waals surface area contributed by atoms with Gasteiger partial charge in [0.2, 0.25) is 0 Å². The van der Waals surface area contributed by atoms with Gasteiger partial charge in [0.25, 0.3) is 0 Å². The fourth-order valence-electron chi connectivity index (χ4n) is 3.76. The summed E-state index contributed by atoms with van der Waals surface area (Å²) >= 11 is 0. The highest BCUT2D eigenvalue weighted by molar-refractivity contribution is 4.88. The number of hydrogen-bond acceptors (Lipinski definition) is 3. The lowest BCUT2D eigenvalue weighted by molar-refractivity contribution is 0.0557. The van der Waals surface area contributed by atoms with Gasteiger partial charge in [-0.25, -0.2) is 0 Å². The molecule has 2 rings (SSSR count). The summed E-state index contributed by atoms with van der Waals surface area (Å²) in [4.78, 5) is 5.40. The van der Waals surface area contributed by atoms with Crippen LogP contribution in [0.3, 0.4) is 0 Å². The molecule has 3 nitrogen and oxygen atoms in total. The summed E-state index contributed by atoms with van der Waals surface area (Å²) in [5, 5.41) is 3.73. The van der Waals surface area contributed by atoms with Gasteiger partial charge in [-0.2, -0.15) is 0 Å². The van der Waals surface area contributed by atoms with Gasteiger partial charge >= 0.3 is 0 Å². The standard InChI is InChI=1S/C16H33N3/c1-4-9-17-16-8-11-19(12-14(16)3)15-7-6-10-18(5-2)13-15/h14-17H,4-13H2,1-3H3. The number of nitrogens with zero attached hydrogens (tertiary/aromatic N) is 2. The zero-order valence-corrected chi connectivity index (χ0v) is 13.2. The molecule has 2 aliphatic rings. The molecule has 1 N–H and O–H groups in total. The van der Waals surface area contributed by atoms with E-state index in [1.165, 1.54) is 65.0 Å². The SMILES string of the molecule is CCCNC1CCN(C2CCCN(CC)C2)CC1C. The highest BCUT2D eigenvalue weighted by Gasteiger charge is 2.31. The molecule has 0 radical (unpaired) electrons. The fourth-order valence-corrected chi connectivity index (χ4v) is 3.76. The van der Waals surface area contributed by atoms with Crippen molar-refractivity contribution in [2.75, 3.05) is 39.3 Å². The lowest BCUT2D eigenvalue weighted by Gasteiger charge is -2.44. The average molecular weight is 267 g/mol. The van der Waals surface area contributed by atoms with E-state index in [1.54, 1.807) is 0 Å². The van der Waals surface area contributed by atoms with E-state index in [1.807, 2.05) is 0 Å². The third-order valence-corrected chi connectivity index (χ3v) is 5.04. The highest BCUT2D eigenvalue weighted by atomic mass is 15.2. The van der Waals surface area contributed by atoms with E-state index < -0.39 is 0 Å². The molecule has 0 amide bonds. The molecule has 3 unspecified atom stereocenters. The van der Waals surface area contributed by atoms with Crippen molar-refractivity contribution >= 4 is 0 Å². The van der Waals surface area contributed by atoms with Crippen LogP contribution in [0.15, 0.2) is 0 Å². The molecule has 0 bridgehead atoms. The Bertz CT molecular complexity index is 256. The Labute approximate surface area is 119 Å². The van der Waals surface area contributed by atoms with Crippen LogP contribution in [0.4, 0.5) is 0 Å². The first kappa shape index (κ1) is 15.3. The van der Waals surface area contributed by atoms with Gasteiger partial charge in [0.05, 0.1) is 0 Å². The van der Waals surface area contributed by atoms with E-state index in [2.05, 4.69) is 35.9 Å². The van der Waals surface area contributed by atoms with Crippen molar-refractivity contribution in [1.29, 1.82) is 0 Å². The Balaban J connectivity index is 1.80. The van der Waals surface area contributed by atoms with Crippen molar-refractivity contribution in [3.63, 3.8) is 0 Å². The summed E-state index contributed by atoms with van der Waals surface area (Å²) < 4.78 is 0. The molecule has 0 spiro atoms. The predicted octanol–water partition coefficient (Wildman–Crippen LogP) is 2.18. The molecule has 2 aliphatic heterocycles. The zero-order chi connectivity index (χ0) is 13.7. The smallest absolute Gasteiger partial charge is 0.0223 e. The van der Waals surface area contributed by atoms with Crippen molar-refractivity contribution in [1.82, 2.24) is 15.1 Å². The molecular weight excluding hydrogens is 234 g/mol. The van der Waals surface area contributed by atoms with Crippen LogP contribution in [0.2, 0.25) is 0 Å². The van der Waals surface area contributed by atoms with E-state index >= 15 is 0 Å². The third kappa shape index (κ3) is 4.17. The highest BCUT2D eigenvalue weighted by Crippen LogP contribution is 2.23. The van der Waals surface area contributed by atoms with Crippen molar-refractivity contribution in [2.24, 2.45) is 5.92 Å². The molecular formula is C16H33N3. The van der Waals surface area contributed by atoms with Gasteiger partial charge in [0.1, 0.15) is 0 Å². The lowest BCUT2D eigenvalue weighted by atomic mass is 9.91. The van der Waals surface area contributed by atoms with Crippen LogP contribution in [-0.2, 0) is 0 Å².